The van der Waals surface area contributed by atoms with Gasteiger partial charge in [0.05, 0.1) is 18.9 Å². The number of rotatable bonds is 5. The van der Waals surface area contributed by atoms with E-state index >= 15 is 0 Å². The first-order chi connectivity index (χ1) is 15.1. The first kappa shape index (κ1) is 21.7. The van der Waals surface area contributed by atoms with Crippen molar-refractivity contribution in [3.8, 4) is 23.9 Å². The number of urea groups is 1. The summed E-state index contributed by atoms with van der Waals surface area (Å²) in [6.45, 7) is 6.70. The Morgan fingerprint density at radius 3 is 2.75 bits per heavy atom. The van der Waals surface area contributed by atoms with Crippen molar-refractivity contribution in [1.29, 1.82) is 0 Å². The van der Waals surface area contributed by atoms with E-state index in [1.165, 1.54) is 6.20 Å². The summed E-state index contributed by atoms with van der Waals surface area (Å²) >= 11 is 0. The van der Waals surface area contributed by atoms with E-state index in [2.05, 4.69) is 52.1 Å². The van der Waals surface area contributed by atoms with Crippen molar-refractivity contribution in [2.24, 2.45) is 11.3 Å². The molecule has 1 aliphatic carbocycles. The van der Waals surface area contributed by atoms with Gasteiger partial charge in [-0.2, -0.15) is 4.98 Å². The monoisotopic (exact) mass is 437 g/mol. The van der Waals surface area contributed by atoms with Crippen molar-refractivity contribution in [3.63, 3.8) is 0 Å². The Bertz CT molecular complexity index is 1070. The maximum absolute atomic E-state index is 13.3. The summed E-state index contributed by atoms with van der Waals surface area (Å²) < 4.78 is 5.29. The van der Waals surface area contributed by atoms with Crippen molar-refractivity contribution in [1.82, 2.24) is 30.3 Å². The molecule has 1 spiro atoms. The third kappa shape index (κ3) is 4.02. The lowest BCUT2D eigenvalue weighted by atomic mass is 9.64. The molecule has 0 bridgehead atoms. The smallest absolute Gasteiger partial charge is 0.325 e. The summed E-state index contributed by atoms with van der Waals surface area (Å²) in [6, 6.07) is -0.430. The van der Waals surface area contributed by atoms with Crippen LogP contribution in [0.25, 0.3) is 11.5 Å². The van der Waals surface area contributed by atoms with Crippen LogP contribution in [-0.2, 0) is 11.3 Å². The molecule has 2 aromatic rings. The molecule has 4 rings (SSSR count). The van der Waals surface area contributed by atoms with Gasteiger partial charge in [0.15, 0.2) is 0 Å². The number of terminal acetylenes is 1. The minimum Gasteiger partial charge on any atom is -0.347 e. The Hall–Kier alpha value is -3.48. The van der Waals surface area contributed by atoms with Gasteiger partial charge in [-0.1, -0.05) is 31.8 Å². The molecule has 1 N–H and O–H groups in total. The summed E-state index contributed by atoms with van der Waals surface area (Å²) in [4.78, 5) is 41.8. The van der Waals surface area contributed by atoms with Crippen LogP contribution in [0.2, 0.25) is 0 Å². The van der Waals surface area contributed by atoms with Crippen molar-refractivity contribution in [3.05, 3.63) is 18.3 Å². The van der Waals surface area contributed by atoms with Crippen molar-refractivity contribution >= 4 is 17.8 Å². The Morgan fingerprint density at radius 2 is 2.09 bits per heavy atom. The van der Waals surface area contributed by atoms with Gasteiger partial charge in [0.25, 0.3) is 5.91 Å². The highest BCUT2D eigenvalue weighted by Crippen LogP contribution is 2.46. The van der Waals surface area contributed by atoms with Crippen LogP contribution in [0.1, 0.15) is 45.9 Å². The van der Waals surface area contributed by atoms with Gasteiger partial charge in [-0.15, -0.1) is 6.42 Å². The van der Waals surface area contributed by atoms with Crippen molar-refractivity contribution in [2.45, 2.75) is 52.1 Å². The highest BCUT2D eigenvalue weighted by molar-refractivity contribution is 6.07. The van der Waals surface area contributed by atoms with E-state index in [0.29, 0.717) is 36.8 Å². The lowest BCUT2D eigenvalue weighted by molar-refractivity contribution is -0.135. The Morgan fingerprint density at radius 1 is 1.31 bits per heavy atom. The van der Waals surface area contributed by atoms with Crippen LogP contribution in [0.3, 0.4) is 0 Å². The van der Waals surface area contributed by atoms with Crippen LogP contribution >= 0.6 is 0 Å². The second kappa shape index (κ2) is 7.89. The zero-order chi connectivity index (χ0) is 23.1. The molecule has 2 fully saturated rings. The van der Waals surface area contributed by atoms with E-state index in [9.17, 15) is 9.59 Å². The number of amides is 3. The van der Waals surface area contributed by atoms with Gasteiger partial charge in [0.2, 0.25) is 11.7 Å². The summed E-state index contributed by atoms with van der Waals surface area (Å²) in [5.74, 6) is 3.63. The fraction of sp³-hybridized carbons (Fsp3) is 0.545. The molecule has 3 amide bonds. The quantitative estimate of drug-likeness (QED) is 0.559. The number of nitrogens with zero attached hydrogens (tertiary/aromatic N) is 6. The molecule has 2 atom stereocenters. The molecule has 0 radical (unpaired) electrons. The summed E-state index contributed by atoms with van der Waals surface area (Å²) in [6.07, 6.45) is 10.7. The van der Waals surface area contributed by atoms with Crippen LogP contribution in [0.4, 0.5) is 10.6 Å². The van der Waals surface area contributed by atoms with Crippen LogP contribution in [0, 0.1) is 23.7 Å². The lowest BCUT2D eigenvalue weighted by Gasteiger charge is -2.43. The molecule has 32 heavy (non-hydrogen) atoms. The van der Waals surface area contributed by atoms with Gasteiger partial charge in [-0.3, -0.25) is 9.69 Å². The zero-order valence-corrected chi connectivity index (χ0v) is 18.8. The van der Waals surface area contributed by atoms with Crippen LogP contribution in [0.15, 0.2) is 16.9 Å². The Balaban J connectivity index is 1.48. The molecule has 3 heterocycles. The number of carbonyl (C=O) groups is 2. The molecule has 1 saturated heterocycles. The molecule has 0 aromatic carbocycles. The number of hydrogen-bond acceptors (Lipinski definition) is 8. The maximum Gasteiger partial charge on any atom is 0.325 e. The van der Waals surface area contributed by atoms with E-state index in [1.54, 1.807) is 11.1 Å². The number of nitrogens with one attached hydrogen (secondary N) is 1. The molecular weight excluding hydrogens is 410 g/mol. The van der Waals surface area contributed by atoms with E-state index in [4.69, 9.17) is 10.9 Å². The highest BCUT2D eigenvalue weighted by Gasteiger charge is 2.56. The number of hydrogen-bond donors (Lipinski definition) is 1. The number of carbonyl (C=O) groups excluding carboxylic acids is 2. The fourth-order valence-corrected chi connectivity index (χ4v) is 5.06. The summed E-state index contributed by atoms with van der Waals surface area (Å²) in [5, 5.41) is 6.87. The van der Waals surface area contributed by atoms with Crippen LogP contribution in [0.5, 0.6) is 0 Å². The van der Waals surface area contributed by atoms with Crippen LogP contribution in [-0.4, -0.2) is 56.1 Å². The number of imide groups is 1. The molecule has 10 nitrogen and oxygen atoms in total. The lowest BCUT2D eigenvalue weighted by Crippen LogP contribution is -2.54. The minimum absolute atomic E-state index is 0.0343. The summed E-state index contributed by atoms with van der Waals surface area (Å²) in [7, 11) is 1.81. The largest absolute Gasteiger partial charge is 0.347 e. The molecule has 168 valence electrons. The normalized spacial score (nSPS) is 24.5. The third-order valence-electron chi connectivity index (χ3n) is 5.97. The van der Waals surface area contributed by atoms with E-state index in [-0.39, 0.29) is 29.6 Å². The minimum atomic E-state index is -0.868. The summed E-state index contributed by atoms with van der Waals surface area (Å²) in [5.41, 5.74) is -0.491. The molecule has 2 aliphatic rings. The van der Waals surface area contributed by atoms with Crippen molar-refractivity contribution in [2.75, 3.05) is 18.5 Å². The fourth-order valence-electron chi connectivity index (χ4n) is 5.06. The second-order valence-corrected chi connectivity index (χ2v) is 9.59. The second-order valence-electron chi connectivity index (χ2n) is 9.59. The first-order valence-corrected chi connectivity index (χ1v) is 10.6. The Labute approximate surface area is 186 Å². The van der Waals surface area contributed by atoms with E-state index < -0.39 is 11.6 Å². The zero-order valence-electron chi connectivity index (χ0n) is 18.8. The highest BCUT2D eigenvalue weighted by atomic mass is 16.5. The molecule has 1 aliphatic heterocycles. The van der Waals surface area contributed by atoms with Gasteiger partial charge in [-0.25, -0.2) is 14.8 Å². The molecular formula is C22H27N7O3. The van der Waals surface area contributed by atoms with Gasteiger partial charge in [0.1, 0.15) is 23.6 Å². The van der Waals surface area contributed by atoms with Gasteiger partial charge < -0.3 is 14.7 Å². The van der Waals surface area contributed by atoms with E-state index in [1.807, 2.05) is 7.05 Å². The predicted molar refractivity (Wildman–Crippen MR) is 116 cm³/mol. The molecule has 2 aromatic heterocycles. The maximum atomic E-state index is 13.3. The Kier molecular flexibility index (Phi) is 5.36. The number of anilines is 1. The van der Waals surface area contributed by atoms with Gasteiger partial charge in [0, 0.05) is 7.05 Å². The molecule has 10 heteroatoms. The van der Waals surface area contributed by atoms with E-state index in [0.717, 1.165) is 11.3 Å². The van der Waals surface area contributed by atoms with Gasteiger partial charge in [-0.05, 0) is 30.6 Å². The first-order valence-electron chi connectivity index (χ1n) is 10.6. The average molecular weight is 438 g/mol. The molecule has 2 unspecified atom stereocenters. The van der Waals surface area contributed by atoms with Crippen LogP contribution < -0.4 is 10.2 Å². The van der Waals surface area contributed by atoms with Crippen molar-refractivity contribution < 1.29 is 14.1 Å². The van der Waals surface area contributed by atoms with Gasteiger partial charge >= 0.3 is 6.03 Å². The topological polar surface area (TPSA) is 117 Å². The predicted octanol–water partition coefficient (Wildman–Crippen LogP) is 2.23. The average Bonchev–Trinajstić information content (AvgIpc) is 3.26. The molecule has 1 saturated carbocycles. The number of aromatic nitrogens is 4. The SMILES string of the molecule is C#CCN(C)c1cnc(-c2noc(CN3C(=O)NC4(CC(C)CC(C)(C)C4)C3=O)n2)cn1. The third-order valence-corrected chi connectivity index (χ3v) is 5.97. The standard InChI is InChI=1S/C22H27N7O3/c1-6-7-28(5)16-11-23-15(10-24-16)18-25-17(32-27-18)12-29-19(30)22(26-20(29)31)9-14(2)8-21(3,4)13-22/h1,10-11,14H,7-9,12-13H2,2-5H3,(H,26,31).